The summed E-state index contributed by atoms with van der Waals surface area (Å²) in [5.74, 6) is -0.488. The summed E-state index contributed by atoms with van der Waals surface area (Å²) in [7, 11) is 0. The van der Waals surface area contributed by atoms with Crippen LogP contribution in [0.15, 0.2) is 121 Å². The van der Waals surface area contributed by atoms with Crippen molar-refractivity contribution in [2.24, 2.45) is 0 Å². The zero-order valence-corrected chi connectivity index (χ0v) is 25.4. The number of carbonyl (C=O) groups is 2. The number of hydrogen-bond acceptors (Lipinski definition) is 6. The van der Waals surface area contributed by atoms with E-state index in [2.05, 4.69) is 0 Å². The molecule has 6 heteroatoms. The van der Waals surface area contributed by atoms with Crippen LogP contribution in [0.4, 0.5) is 0 Å². The van der Waals surface area contributed by atoms with Gasteiger partial charge in [-0.2, -0.15) is 0 Å². The topological polar surface area (TPSA) is 93.1 Å². The Labute approximate surface area is 250 Å². The fourth-order valence-corrected chi connectivity index (χ4v) is 3.55. The summed E-state index contributed by atoms with van der Waals surface area (Å²) in [6, 6.07) is 38.5. The van der Waals surface area contributed by atoms with Crippen LogP contribution in [0, 0.1) is 0 Å². The molecular formula is C36H44O6. The van der Waals surface area contributed by atoms with E-state index in [1.807, 2.05) is 135 Å². The number of esters is 2. The van der Waals surface area contributed by atoms with E-state index in [-0.39, 0.29) is 36.4 Å². The first-order chi connectivity index (χ1) is 20.0. The first-order valence-corrected chi connectivity index (χ1v) is 13.9. The summed E-state index contributed by atoms with van der Waals surface area (Å²) in [6.07, 6.45) is -0.982. The normalized spacial score (nSPS) is 12.6. The van der Waals surface area contributed by atoms with Crippen LogP contribution in [-0.2, 0) is 19.1 Å². The highest BCUT2D eigenvalue weighted by Crippen LogP contribution is 2.16. The maximum absolute atomic E-state index is 10.6. The van der Waals surface area contributed by atoms with Crippen molar-refractivity contribution >= 4 is 11.9 Å². The van der Waals surface area contributed by atoms with Gasteiger partial charge in [0.05, 0.1) is 12.2 Å². The van der Waals surface area contributed by atoms with Gasteiger partial charge in [0.1, 0.15) is 12.2 Å². The lowest BCUT2D eigenvalue weighted by Gasteiger charge is -2.11. The molecule has 0 aliphatic carbocycles. The van der Waals surface area contributed by atoms with Crippen LogP contribution in [0.3, 0.4) is 0 Å². The number of benzene rings is 4. The molecule has 0 amide bonds. The predicted molar refractivity (Wildman–Crippen MR) is 167 cm³/mol. The second-order valence-electron chi connectivity index (χ2n) is 9.50. The Hall–Kier alpha value is -4.26. The second-order valence-corrected chi connectivity index (χ2v) is 9.50. The van der Waals surface area contributed by atoms with Gasteiger partial charge in [-0.15, -0.1) is 0 Å². The molecule has 4 aromatic rings. The van der Waals surface area contributed by atoms with Crippen LogP contribution in [0.25, 0.3) is 0 Å². The minimum absolute atomic E-state index is 0.149. The first-order valence-electron chi connectivity index (χ1n) is 13.9. The maximum atomic E-state index is 10.6. The Morgan fingerprint density at radius 3 is 0.833 bits per heavy atom. The number of hydrogen-bond donors (Lipinski definition) is 2. The highest BCUT2D eigenvalue weighted by atomic mass is 16.5. The van der Waals surface area contributed by atoms with Gasteiger partial charge in [-0.25, -0.2) is 0 Å². The second kappa shape index (κ2) is 20.6. The van der Waals surface area contributed by atoms with E-state index in [0.717, 1.165) is 22.3 Å². The molecule has 4 atom stereocenters. The van der Waals surface area contributed by atoms with Gasteiger partial charge in [0.2, 0.25) is 0 Å². The van der Waals surface area contributed by atoms with Crippen molar-refractivity contribution in [1.29, 1.82) is 0 Å². The number of carbonyl (C=O) groups excluding carboxylic acids is 2. The SMILES string of the molecule is CC(=O)O[C@@H](C)c1ccccc1.CC(=O)O[C@H](C)c1ccccc1.C[C@@H](O)c1ccccc1.C[C@H](O)c1ccccc1. The molecule has 0 saturated heterocycles. The van der Waals surface area contributed by atoms with Crippen LogP contribution >= 0.6 is 0 Å². The quantitative estimate of drug-likeness (QED) is 0.227. The van der Waals surface area contributed by atoms with E-state index in [0.29, 0.717) is 0 Å². The predicted octanol–water partition coefficient (Wildman–Crippen LogP) is 8.10. The van der Waals surface area contributed by atoms with Crippen molar-refractivity contribution < 1.29 is 29.3 Å². The summed E-state index contributed by atoms with van der Waals surface area (Å²) in [6.45, 7) is 10.1. The minimum atomic E-state index is -0.341. The lowest BCUT2D eigenvalue weighted by Crippen LogP contribution is -2.04. The van der Waals surface area contributed by atoms with Gasteiger partial charge in [-0.05, 0) is 49.9 Å². The molecule has 6 nitrogen and oxygen atoms in total. The average Bonchev–Trinajstić information content (AvgIpc) is 2.99. The first kappa shape index (κ1) is 35.8. The van der Waals surface area contributed by atoms with Crippen LogP contribution in [0.5, 0.6) is 0 Å². The van der Waals surface area contributed by atoms with Crippen molar-refractivity contribution in [2.45, 2.75) is 66.0 Å². The van der Waals surface area contributed by atoms with E-state index in [9.17, 15) is 9.59 Å². The molecule has 0 aromatic heterocycles. The standard InChI is InChI=1S/2C10H12O2.2C8H10O/c2*1-8(12-9(2)11)10-6-4-3-5-7-10;2*1-7(9)8-5-3-2-4-6-8/h2*3-8H,1-2H3;2*2-7,9H,1H3/t2*8-;2*7-/m1010/s1. The third-order valence-corrected chi connectivity index (χ3v) is 5.79. The Morgan fingerprint density at radius 2 is 0.667 bits per heavy atom. The van der Waals surface area contributed by atoms with Crippen LogP contribution in [-0.4, -0.2) is 22.2 Å². The molecule has 224 valence electrons. The summed E-state index contributed by atoms with van der Waals surface area (Å²) < 4.78 is 9.99. The molecular weight excluding hydrogens is 528 g/mol. The van der Waals surface area contributed by atoms with Gasteiger partial charge < -0.3 is 19.7 Å². The molecule has 42 heavy (non-hydrogen) atoms. The Balaban J connectivity index is 0.000000283. The molecule has 0 bridgehead atoms. The van der Waals surface area contributed by atoms with Gasteiger partial charge in [-0.3, -0.25) is 9.59 Å². The van der Waals surface area contributed by atoms with E-state index < -0.39 is 0 Å². The lowest BCUT2D eigenvalue weighted by molar-refractivity contribution is -0.146. The van der Waals surface area contributed by atoms with E-state index in [1.54, 1.807) is 13.8 Å². The van der Waals surface area contributed by atoms with Gasteiger partial charge in [0, 0.05) is 13.8 Å². The van der Waals surface area contributed by atoms with Crippen molar-refractivity contribution in [3.8, 4) is 0 Å². The Morgan fingerprint density at radius 1 is 0.452 bits per heavy atom. The zero-order chi connectivity index (χ0) is 31.3. The van der Waals surface area contributed by atoms with Gasteiger partial charge in [0.15, 0.2) is 0 Å². The molecule has 0 fully saturated rings. The summed E-state index contributed by atoms with van der Waals surface area (Å²) in [4.78, 5) is 21.2. The van der Waals surface area contributed by atoms with E-state index in [1.165, 1.54) is 13.8 Å². The average molecular weight is 573 g/mol. The van der Waals surface area contributed by atoms with E-state index in [4.69, 9.17) is 19.7 Å². The molecule has 0 aliphatic heterocycles. The highest BCUT2D eigenvalue weighted by Gasteiger charge is 2.07. The number of aliphatic hydroxyl groups is 2. The molecule has 0 spiro atoms. The molecule has 0 heterocycles. The van der Waals surface area contributed by atoms with Crippen molar-refractivity contribution in [3.05, 3.63) is 144 Å². The summed E-state index contributed by atoms with van der Waals surface area (Å²) >= 11 is 0. The molecule has 0 unspecified atom stereocenters. The molecule has 2 N–H and O–H groups in total. The summed E-state index contributed by atoms with van der Waals surface area (Å²) in [5, 5.41) is 18.0. The third-order valence-electron chi connectivity index (χ3n) is 5.79. The van der Waals surface area contributed by atoms with Crippen LogP contribution < -0.4 is 0 Å². The van der Waals surface area contributed by atoms with Crippen LogP contribution in [0.1, 0.15) is 88.2 Å². The molecule has 4 aromatic carbocycles. The molecule has 0 radical (unpaired) electrons. The smallest absolute Gasteiger partial charge is 0.303 e. The van der Waals surface area contributed by atoms with Gasteiger partial charge >= 0.3 is 11.9 Å². The monoisotopic (exact) mass is 572 g/mol. The molecule has 0 aliphatic rings. The van der Waals surface area contributed by atoms with Gasteiger partial charge in [-0.1, -0.05) is 121 Å². The lowest BCUT2D eigenvalue weighted by atomic mass is 10.1. The number of ether oxygens (including phenoxy) is 2. The zero-order valence-electron chi connectivity index (χ0n) is 25.4. The fraction of sp³-hybridized carbons (Fsp3) is 0.278. The highest BCUT2D eigenvalue weighted by molar-refractivity contribution is 5.66. The molecule has 4 rings (SSSR count). The van der Waals surface area contributed by atoms with Gasteiger partial charge in [0.25, 0.3) is 0 Å². The maximum Gasteiger partial charge on any atom is 0.303 e. The Bertz CT molecular complexity index is 1140. The van der Waals surface area contributed by atoms with Crippen molar-refractivity contribution in [3.63, 3.8) is 0 Å². The number of rotatable bonds is 6. The molecule has 0 saturated carbocycles. The minimum Gasteiger partial charge on any atom is -0.458 e. The van der Waals surface area contributed by atoms with Crippen molar-refractivity contribution in [2.75, 3.05) is 0 Å². The third kappa shape index (κ3) is 16.1. The van der Waals surface area contributed by atoms with Crippen LogP contribution in [0.2, 0.25) is 0 Å². The van der Waals surface area contributed by atoms with E-state index >= 15 is 0 Å². The summed E-state index contributed by atoms with van der Waals surface area (Å²) in [5.41, 5.74) is 3.98. The number of aliphatic hydroxyl groups excluding tert-OH is 2. The largest absolute Gasteiger partial charge is 0.458 e. The Kier molecular flexibility index (Phi) is 17.5. The van der Waals surface area contributed by atoms with Crippen molar-refractivity contribution in [1.82, 2.24) is 0 Å². The fourth-order valence-electron chi connectivity index (χ4n) is 3.55.